The lowest BCUT2D eigenvalue weighted by Gasteiger charge is -2.18. The van der Waals surface area contributed by atoms with Crippen LogP contribution in [0, 0.1) is 5.92 Å². The van der Waals surface area contributed by atoms with Crippen LogP contribution in [0.4, 0.5) is 0 Å². The van der Waals surface area contributed by atoms with Crippen LogP contribution >= 0.6 is 0 Å². The first-order valence-corrected chi connectivity index (χ1v) is 8.60. The Bertz CT molecular complexity index is 565. The third kappa shape index (κ3) is 6.27. The first kappa shape index (κ1) is 17.7. The Morgan fingerprint density at radius 3 is 2.29 bits per heavy atom. The quantitative estimate of drug-likeness (QED) is 0.833. The molecule has 0 aromatic heterocycles. The zero-order valence-corrected chi connectivity index (χ0v) is 13.7. The SMILES string of the molecule is CC(C)CCN(C)C(=O)CCc1ccc(S(N)(=O)=O)cc1. The topological polar surface area (TPSA) is 80.5 Å². The Morgan fingerprint density at radius 1 is 1.24 bits per heavy atom. The lowest BCUT2D eigenvalue weighted by atomic mass is 10.1. The summed E-state index contributed by atoms with van der Waals surface area (Å²) >= 11 is 0. The number of nitrogens with two attached hydrogens (primary N) is 1. The normalized spacial score (nSPS) is 11.7. The molecule has 2 N–H and O–H groups in total. The van der Waals surface area contributed by atoms with Crippen molar-refractivity contribution in [2.75, 3.05) is 13.6 Å². The Morgan fingerprint density at radius 2 is 1.81 bits per heavy atom. The van der Waals surface area contributed by atoms with Crippen molar-refractivity contribution in [2.24, 2.45) is 11.1 Å². The molecule has 5 nitrogen and oxygen atoms in total. The molecule has 0 atom stereocenters. The van der Waals surface area contributed by atoms with Gasteiger partial charge in [-0.05, 0) is 36.5 Å². The maximum Gasteiger partial charge on any atom is 0.238 e. The molecule has 1 amide bonds. The molecule has 0 aliphatic heterocycles. The molecule has 0 saturated heterocycles. The number of nitrogens with zero attached hydrogens (tertiary/aromatic N) is 1. The van der Waals surface area contributed by atoms with E-state index in [9.17, 15) is 13.2 Å². The predicted molar refractivity (Wildman–Crippen MR) is 83.2 cm³/mol. The van der Waals surface area contributed by atoms with Crippen LogP contribution in [0.25, 0.3) is 0 Å². The highest BCUT2D eigenvalue weighted by molar-refractivity contribution is 7.89. The van der Waals surface area contributed by atoms with Gasteiger partial charge in [0, 0.05) is 20.0 Å². The zero-order chi connectivity index (χ0) is 16.0. The zero-order valence-electron chi connectivity index (χ0n) is 12.9. The van der Waals surface area contributed by atoms with Gasteiger partial charge >= 0.3 is 0 Å². The van der Waals surface area contributed by atoms with E-state index < -0.39 is 10.0 Å². The van der Waals surface area contributed by atoms with Gasteiger partial charge in [0.05, 0.1) is 4.90 Å². The van der Waals surface area contributed by atoms with Gasteiger partial charge in [0.1, 0.15) is 0 Å². The highest BCUT2D eigenvalue weighted by Crippen LogP contribution is 2.11. The fourth-order valence-corrected chi connectivity index (χ4v) is 2.38. The van der Waals surface area contributed by atoms with E-state index in [2.05, 4.69) is 13.8 Å². The molecular weight excluding hydrogens is 288 g/mol. The van der Waals surface area contributed by atoms with Crippen molar-refractivity contribution in [3.63, 3.8) is 0 Å². The number of carbonyl (C=O) groups is 1. The summed E-state index contributed by atoms with van der Waals surface area (Å²) in [6.45, 7) is 5.03. The van der Waals surface area contributed by atoms with Crippen LogP contribution in [0.3, 0.4) is 0 Å². The lowest BCUT2D eigenvalue weighted by molar-refractivity contribution is -0.130. The standard InChI is InChI=1S/C15H24N2O3S/c1-12(2)10-11-17(3)15(18)9-6-13-4-7-14(8-5-13)21(16,19)20/h4-5,7-8,12H,6,9-11H2,1-3H3,(H2,16,19,20). The smallest absolute Gasteiger partial charge is 0.238 e. The molecule has 0 heterocycles. The van der Waals surface area contributed by atoms with Gasteiger partial charge in [0.25, 0.3) is 0 Å². The monoisotopic (exact) mass is 312 g/mol. The summed E-state index contributed by atoms with van der Waals surface area (Å²) in [5, 5.41) is 5.04. The molecule has 0 bridgehead atoms. The predicted octanol–water partition coefficient (Wildman–Crippen LogP) is 1.77. The number of primary sulfonamides is 1. The van der Waals surface area contributed by atoms with Crippen LogP contribution in [-0.2, 0) is 21.2 Å². The molecular formula is C15H24N2O3S. The third-order valence-corrected chi connectivity index (χ3v) is 4.28. The molecule has 21 heavy (non-hydrogen) atoms. The molecule has 0 spiro atoms. The number of carbonyl (C=O) groups excluding carboxylic acids is 1. The van der Waals surface area contributed by atoms with Gasteiger partial charge < -0.3 is 4.90 Å². The molecule has 0 aliphatic carbocycles. The second-order valence-corrected chi connectivity index (χ2v) is 7.25. The molecule has 0 unspecified atom stereocenters. The summed E-state index contributed by atoms with van der Waals surface area (Å²) in [6.07, 6.45) is 2.00. The van der Waals surface area contributed by atoms with Crippen LogP contribution in [0.15, 0.2) is 29.2 Å². The first-order chi connectivity index (χ1) is 9.70. The average Bonchev–Trinajstić information content (AvgIpc) is 2.41. The van der Waals surface area contributed by atoms with Crippen molar-refractivity contribution >= 4 is 15.9 Å². The second-order valence-electron chi connectivity index (χ2n) is 5.69. The van der Waals surface area contributed by atoms with Crippen LogP contribution in [0.2, 0.25) is 0 Å². The molecule has 0 radical (unpaired) electrons. The summed E-state index contributed by atoms with van der Waals surface area (Å²) in [7, 11) is -1.84. The van der Waals surface area contributed by atoms with Gasteiger partial charge in [-0.15, -0.1) is 0 Å². The van der Waals surface area contributed by atoms with Crippen LogP contribution in [-0.4, -0.2) is 32.8 Å². The van der Waals surface area contributed by atoms with Crippen LogP contribution in [0.5, 0.6) is 0 Å². The number of aryl methyl sites for hydroxylation is 1. The lowest BCUT2D eigenvalue weighted by Crippen LogP contribution is -2.28. The summed E-state index contributed by atoms with van der Waals surface area (Å²) < 4.78 is 22.3. The first-order valence-electron chi connectivity index (χ1n) is 7.06. The molecule has 1 rings (SSSR count). The van der Waals surface area contributed by atoms with Gasteiger partial charge in [0.15, 0.2) is 0 Å². The minimum Gasteiger partial charge on any atom is -0.346 e. The van der Waals surface area contributed by atoms with Gasteiger partial charge in [-0.2, -0.15) is 0 Å². The van der Waals surface area contributed by atoms with Gasteiger partial charge in [-0.1, -0.05) is 26.0 Å². The molecule has 0 aliphatic rings. The van der Waals surface area contributed by atoms with E-state index in [-0.39, 0.29) is 10.8 Å². The fraction of sp³-hybridized carbons (Fsp3) is 0.533. The molecule has 118 valence electrons. The summed E-state index contributed by atoms with van der Waals surface area (Å²) in [4.78, 5) is 13.8. The average molecular weight is 312 g/mol. The second kappa shape index (κ2) is 7.56. The number of benzene rings is 1. The minimum absolute atomic E-state index is 0.0895. The van der Waals surface area contributed by atoms with Crippen molar-refractivity contribution < 1.29 is 13.2 Å². The van der Waals surface area contributed by atoms with E-state index in [1.165, 1.54) is 12.1 Å². The summed E-state index contributed by atoms with van der Waals surface area (Å²) in [6, 6.07) is 6.33. The Kier molecular flexibility index (Phi) is 6.36. The Balaban J connectivity index is 2.50. The minimum atomic E-state index is -3.65. The Hall–Kier alpha value is -1.40. The van der Waals surface area contributed by atoms with E-state index in [0.717, 1.165) is 18.5 Å². The van der Waals surface area contributed by atoms with Crippen LogP contribution < -0.4 is 5.14 Å². The fourth-order valence-electron chi connectivity index (χ4n) is 1.86. The van der Waals surface area contributed by atoms with Gasteiger partial charge in [-0.25, -0.2) is 13.6 Å². The van der Waals surface area contributed by atoms with E-state index in [1.54, 1.807) is 17.0 Å². The Labute approximate surface area is 127 Å². The largest absolute Gasteiger partial charge is 0.346 e. The number of sulfonamides is 1. The van der Waals surface area contributed by atoms with Crippen molar-refractivity contribution in [3.8, 4) is 0 Å². The van der Waals surface area contributed by atoms with Crippen LogP contribution in [0.1, 0.15) is 32.3 Å². The van der Waals surface area contributed by atoms with Crippen molar-refractivity contribution in [3.05, 3.63) is 29.8 Å². The number of amides is 1. The van der Waals surface area contributed by atoms with Crippen molar-refractivity contribution in [2.45, 2.75) is 38.0 Å². The molecule has 6 heteroatoms. The highest BCUT2D eigenvalue weighted by Gasteiger charge is 2.10. The van der Waals surface area contributed by atoms with E-state index >= 15 is 0 Å². The summed E-state index contributed by atoms with van der Waals surface area (Å²) in [5.74, 6) is 0.678. The highest BCUT2D eigenvalue weighted by atomic mass is 32.2. The van der Waals surface area contributed by atoms with E-state index in [4.69, 9.17) is 5.14 Å². The van der Waals surface area contributed by atoms with E-state index in [1.807, 2.05) is 7.05 Å². The van der Waals surface area contributed by atoms with E-state index in [0.29, 0.717) is 18.8 Å². The molecule has 0 fully saturated rings. The molecule has 1 aromatic rings. The summed E-state index contributed by atoms with van der Waals surface area (Å²) in [5.41, 5.74) is 0.924. The number of hydrogen-bond donors (Lipinski definition) is 1. The molecule has 1 aromatic carbocycles. The molecule has 0 saturated carbocycles. The van der Waals surface area contributed by atoms with Gasteiger partial charge in [0.2, 0.25) is 15.9 Å². The maximum atomic E-state index is 12.0. The number of rotatable bonds is 7. The van der Waals surface area contributed by atoms with Crippen molar-refractivity contribution in [1.82, 2.24) is 4.90 Å². The maximum absolute atomic E-state index is 12.0. The van der Waals surface area contributed by atoms with Crippen molar-refractivity contribution in [1.29, 1.82) is 0 Å². The number of hydrogen-bond acceptors (Lipinski definition) is 3. The third-order valence-electron chi connectivity index (χ3n) is 3.35. The van der Waals surface area contributed by atoms with Gasteiger partial charge in [-0.3, -0.25) is 4.79 Å².